The summed E-state index contributed by atoms with van der Waals surface area (Å²) in [5.41, 5.74) is 2.96. The number of carbonyl (C=O) groups is 1. The molecule has 3 nitrogen and oxygen atoms in total. The van der Waals surface area contributed by atoms with Gasteiger partial charge in [-0.25, -0.2) is 0 Å². The number of H-pyrrole nitrogens is 1. The van der Waals surface area contributed by atoms with Crippen LogP contribution < -0.4 is 0 Å². The second kappa shape index (κ2) is 3.37. The van der Waals surface area contributed by atoms with E-state index in [0.29, 0.717) is 5.69 Å². The summed E-state index contributed by atoms with van der Waals surface area (Å²) in [6.07, 6.45) is 1.13. The molecule has 2 heterocycles. The van der Waals surface area contributed by atoms with Crippen LogP contribution in [0.25, 0.3) is 10.9 Å². The van der Waals surface area contributed by atoms with Crippen molar-refractivity contribution in [3.8, 4) is 0 Å². The first-order valence-corrected chi connectivity index (χ1v) is 5.63. The van der Waals surface area contributed by atoms with Gasteiger partial charge in [0.15, 0.2) is 0 Å². The van der Waals surface area contributed by atoms with Crippen LogP contribution in [0.15, 0.2) is 24.3 Å². The third kappa shape index (κ3) is 1.40. The van der Waals surface area contributed by atoms with E-state index in [0.717, 1.165) is 30.4 Å². The smallest absolute Gasteiger partial charge is 0.270 e. The van der Waals surface area contributed by atoms with Crippen LogP contribution in [0, 0.1) is 6.92 Å². The van der Waals surface area contributed by atoms with E-state index in [9.17, 15) is 4.79 Å². The maximum Gasteiger partial charge on any atom is 0.270 e. The van der Waals surface area contributed by atoms with Crippen LogP contribution in [0.4, 0.5) is 0 Å². The Hall–Kier alpha value is -1.77. The van der Waals surface area contributed by atoms with Crippen molar-refractivity contribution in [2.45, 2.75) is 13.3 Å². The molecule has 3 rings (SSSR count). The number of amides is 1. The molecule has 3 heteroatoms. The molecule has 1 aromatic carbocycles. The predicted molar refractivity (Wildman–Crippen MR) is 63.6 cm³/mol. The minimum absolute atomic E-state index is 0.125. The second-order valence-electron chi connectivity index (χ2n) is 4.42. The van der Waals surface area contributed by atoms with E-state index in [4.69, 9.17) is 0 Å². The van der Waals surface area contributed by atoms with Gasteiger partial charge in [-0.2, -0.15) is 0 Å². The maximum atomic E-state index is 12.0. The molecular formula is C13H14N2O. The number of likely N-dealkylation sites (tertiary alicyclic amines) is 1. The number of fused-ring (bicyclic) bond motifs is 1. The van der Waals surface area contributed by atoms with Crippen molar-refractivity contribution in [2.75, 3.05) is 13.1 Å². The minimum Gasteiger partial charge on any atom is -0.351 e. The Morgan fingerprint density at radius 1 is 1.31 bits per heavy atom. The Labute approximate surface area is 94.1 Å². The zero-order valence-electron chi connectivity index (χ0n) is 9.29. The number of aromatic amines is 1. The van der Waals surface area contributed by atoms with E-state index in [1.165, 1.54) is 5.56 Å². The van der Waals surface area contributed by atoms with Gasteiger partial charge in [0.05, 0.1) is 0 Å². The van der Waals surface area contributed by atoms with Crippen molar-refractivity contribution >= 4 is 16.8 Å². The van der Waals surface area contributed by atoms with Crippen LogP contribution in [-0.2, 0) is 0 Å². The summed E-state index contributed by atoms with van der Waals surface area (Å²) in [6.45, 7) is 3.84. The monoisotopic (exact) mass is 214 g/mol. The maximum absolute atomic E-state index is 12.0. The van der Waals surface area contributed by atoms with E-state index in [2.05, 4.69) is 24.0 Å². The van der Waals surface area contributed by atoms with Crippen molar-refractivity contribution in [1.29, 1.82) is 0 Å². The highest BCUT2D eigenvalue weighted by Gasteiger charge is 2.22. The molecule has 0 bridgehead atoms. The highest BCUT2D eigenvalue weighted by molar-refractivity contribution is 5.98. The number of carbonyl (C=O) groups excluding carboxylic acids is 1. The molecule has 0 spiro atoms. The van der Waals surface area contributed by atoms with E-state index < -0.39 is 0 Å². The molecule has 82 valence electrons. The molecule has 1 N–H and O–H groups in total. The number of hydrogen-bond donors (Lipinski definition) is 1. The average molecular weight is 214 g/mol. The summed E-state index contributed by atoms with van der Waals surface area (Å²) >= 11 is 0. The average Bonchev–Trinajstić information content (AvgIpc) is 2.57. The molecule has 0 unspecified atom stereocenters. The van der Waals surface area contributed by atoms with Crippen molar-refractivity contribution in [3.05, 3.63) is 35.5 Å². The van der Waals surface area contributed by atoms with Gasteiger partial charge >= 0.3 is 0 Å². The number of rotatable bonds is 1. The zero-order chi connectivity index (χ0) is 11.1. The van der Waals surface area contributed by atoms with Gasteiger partial charge in [0, 0.05) is 24.0 Å². The summed E-state index contributed by atoms with van der Waals surface area (Å²) in [7, 11) is 0. The second-order valence-corrected chi connectivity index (χ2v) is 4.42. The van der Waals surface area contributed by atoms with Crippen LogP contribution >= 0.6 is 0 Å². The Balaban J connectivity index is 2.01. The van der Waals surface area contributed by atoms with Crippen molar-refractivity contribution in [2.24, 2.45) is 0 Å². The summed E-state index contributed by atoms with van der Waals surface area (Å²) in [5.74, 6) is 0.125. The lowest BCUT2D eigenvalue weighted by Gasteiger charge is -2.30. The minimum atomic E-state index is 0.125. The normalized spacial score (nSPS) is 15.2. The summed E-state index contributed by atoms with van der Waals surface area (Å²) < 4.78 is 0. The van der Waals surface area contributed by atoms with Crippen molar-refractivity contribution < 1.29 is 4.79 Å². The lowest BCUT2D eigenvalue weighted by molar-refractivity contribution is 0.0646. The van der Waals surface area contributed by atoms with Crippen LogP contribution in [0.2, 0.25) is 0 Å². The molecule has 1 fully saturated rings. The van der Waals surface area contributed by atoms with Gasteiger partial charge in [-0.05, 0) is 31.0 Å². The van der Waals surface area contributed by atoms with E-state index in [1.54, 1.807) is 0 Å². The van der Waals surface area contributed by atoms with Gasteiger partial charge < -0.3 is 9.88 Å². The number of aryl methyl sites for hydroxylation is 1. The Bertz CT molecular complexity index is 552. The molecule has 1 saturated heterocycles. The largest absolute Gasteiger partial charge is 0.351 e. The number of benzene rings is 1. The molecular weight excluding hydrogens is 200 g/mol. The SMILES string of the molecule is Cc1ccc2cc(C(=O)N3CCC3)[nH]c2c1. The van der Waals surface area contributed by atoms with E-state index >= 15 is 0 Å². The summed E-state index contributed by atoms with van der Waals surface area (Å²) in [4.78, 5) is 17.0. The third-order valence-corrected chi connectivity index (χ3v) is 3.15. The van der Waals surface area contributed by atoms with Crippen molar-refractivity contribution in [1.82, 2.24) is 9.88 Å². The first-order valence-electron chi connectivity index (χ1n) is 5.63. The molecule has 1 aliphatic rings. The van der Waals surface area contributed by atoms with Crippen molar-refractivity contribution in [3.63, 3.8) is 0 Å². The molecule has 2 aromatic rings. The van der Waals surface area contributed by atoms with Crippen LogP contribution in [0.1, 0.15) is 22.5 Å². The standard InChI is InChI=1S/C13H14N2O/c1-9-3-4-10-8-12(14-11(10)7-9)13(16)15-5-2-6-15/h3-4,7-8,14H,2,5-6H2,1H3. The Morgan fingerprint density at radius 3 is 2.81 bits per heavy atom. The van der Waals surface area contributed by atoms with Gasteiger partial charge in [-0.1, -0.05) is 12.1 Å². The highest BCUT2D eigenvalue weighted by Crippen LogP contribution is 2.19. The lowest BCUT2D eigenvalue weighted by Crippen LogP contribution is -2.42. The third-order valence-electron chi connectivity index (χ3n) is 3.15. The number of nitrogens with zero attached hydrogens (tertiary/aromatic N) is 1. The van der Waals surface area contributed by atoms with Gasteiger partial charge in [-0.15, -0.1) is 0 Å². The Kier molecular flexibility index (Phi) is 1.99. The first kappa shape index (κ1) is 9.46. The van der Waals surface area contributed by atoms with Gasteiger partial charge in [0.2, 0.25) is 0 Å². The fourth-order valence-corrected chi connectivity index (χ4v) is 2.05. The molecule has 0 saturated carbocycles. The van der Waals surface area contributed by atoms with Gasteiger partial charge in [0.25, 0.3) is 5.91 Å². The van der Waals surface area contributed by atoms with Gasteiger partial charge in [-0.3, -0.25) is 4.79 Å². The van der Waals surface area contributed by atoms with Gasteiger partial charge in [0.1, 0.15) is 5.69 Å². The fourth-order valence-electron chi connectivity index (χ4n) is 2.05. The topological polar surface area (TPSA) is 36.1 Å². The van der Waals surface area contributed by atoms with E-state index in [-0.39, 0.29) is 5.91 Å². The molecule has 1 aromatic heterocycles. The summed E-state index contributed by atoms with van der Waals surface area (Å²) in [5, 5.41) is 1.11. The molecule has 1 aliphatic heterocycles. The zero-order valence-corrected chi connectivity index (χ0v) is 9.29. The molecule has 0 aliphatic carbocycles. The highest BCUT2D eigenvalue weighted by atomic mass is 16.2. The summed E-state index contributed by atoms with van der Waals surface area (Å²) in [6, 6.07) is 8.12. The molecule has 0 atom stereocenters. The molecule has 0 radical (unpaired) electrons. The molecule has 1 amide bonds. The van der Waals surface area contributed by atoms with Crippen LogP contribution in [0.3, 0.4) is 0 Å². The van der Waals surface area contributed by atoms with Crippen LogP contribution in [-0.4, -0.2) is 28.9 Å². The number of nitrogens with one attached hydrogen (secondary N) is 1. The molecule has 16 heavy (non-hydrogen) atoms. The Morgan fingerprint density at radius 2 is 2.12 bits per heavy atom. The fraction of sp³-hybridized carbons (Fsp3) is 0.308. The quantitative estimate of drug-likeness (QED) is 0.777. The number of aromatic nitrogens is 1. The number of hydrogen-bond acceptors (Lipinski definition) is 1. The lowest BCUT2D eigenvalue weighted by atomic mass is 10.2. The van der Waals surface area contributed by atoms with Crippen LogP contribution in [0.5, 0.6) is 0 Å². The van der Waals surface area contributed by atoms with E-state index in [1.807, 2.05) is 17.0 Å². The first-order chi connectivity index (χ1) is 7.74. The predicted octanol–water partition coefficient (Wildman–Crippen LogP) is 2.32.